The van der Waals surface area contributed by atoms with Crippen LogP contribution in [0.3, 0.4) is 0 Å². The molecule has 1 aromatic rings. The van der Waals surface area contributed by atoms with Crippen LogP contribution in [0.25, 0.3) is 0 Å². The van der Waals surface area contributed by atoms with E-state index in [-0.39, 0.29) is 5.54 Å². The third-order valence-corrected chi connectivity index (χ3v) is 4.11. The van der Waals surface area contributed by atoms with E-state index in [9.17, 15) is 0 Å². The molecule has 0 aromatic carbocycles. The number of hydrogen-bond acceptors (Lipinski definition) is 4. The first-order chi connectivity index (χ1) is 9.03. The Kier molecular flexibility index (Phi) is 5.58. The van der Waals surface area contributed by atoms with Crippen molar-refractivity contribution in [2.75, 3.05) is 17.7 Å². The molecule has 1 aromatic heterocycles. The molecule has 0 aliphatic heterocycles. The third kappa shape index (κ3) is 3.37. The Bertz CT molecular complexity index is 389. The van der Waals surface area contributed by atoms with Crippen LogP contribution in [-0.4, -0.2) is 22.6 Å². The van der Waals surface area contributed by atoms with Crippen LogP contribution in [0.15, 0.2) is 6.33 Å². The molecule has 0 fully saturated rings. The highest BCUT2D eigenvalue weighted by Gasteiger charge is 2.26. The Morgan fingerprint density at radius 1 is 1.05 bits per heavy atom. The minimum atomic E-state index is 0.128. The first-order valence-electron chi connectivity index (χ1n) is 7.34. The minimum absolute atomic E-state index is 0.128. The summed E-state index contributed by atoms with van der Waals surface area (Å²) in [6, 6.07) is 0. The standard InChI is InChI=1S/C15H28N4/c1-7-15(8-2,9-3)19-14-12(11(4)5)13(16-6)17-10-18-14/h10-11H,7-9H2,1-6H3,(H2,16,17,18,19). The van der Waals surface area contributed by atoms with Crippen LogP contribution in [0.2, 0.25) is 0 Å². The minimum Gasteiger partial charge on any atom is -0.373 e. The van der Waals surface area contributed by atoms with Crippen molar-refractivity contribution in [1.29, 1.82) is 0 Å². The van der Waals surface area contributed by atoms with Gasteiger partial charge in [-0.15, -0.1) is 0 Å². The molecule has 0 saturated heterocycles. The predicted molar refractivity (Wildman–Crippen MR) is 82.9 cm³/mol. The van der Waals surface area contributed by atoms with Gasteiger partial charge in [0.05, 0.1) is 0 Å². The summed E-state index contributed by atoms with van der Waals surface area (Å²) in [6.07, 6.45) is 4.91. The Balaban J connectivity index is 3.20. The van der Waals surface area contributed by atoms with Crippen molar-refractivity contribution >= 4 is 11.6 Å². The highest BCUT2D eigenvalue weighted by Crippen LogP contribution is 2.32. The van der Waals surface area contributed by atoms with Crippen molar-refractivity contribution in [2.45, 2.75) is 65.3 Å². The summed E-state index contributed by atoms with van der Waals surface area (Å²) < 4.78 is 0. The van der Waals surface area contributed by atoms with E-state index in [1.54, 1.807) is 6.33 Å². The summed E-state index contributed by atoms with van der Waals surface area (Å²) in [7, 11) is 1.91. The van der Waals surface area contributed by atoms with E-state index >= 15 is 0 Å². The van der Waals surface area contributed by atoms with Crippen molar-refractivity contribution in [3.05, 3.63) is 11.9 Å². The predicted octanol–water partition coefficient (Wildman–Crippen LogP) is 4.02. The van der Waals surface area contributed by atoms with E-state index in [4.69, 9.17) is 0 Å². The van der Waals surface area contributed by atoms with Gasteiger partial charge in [0.15, 0.2) is 0 Å². The van der Waals surface area contributed by atoms with Gasteiger partial charge in [-0.2, -0.15) is 0 Å². The monoisotopic (exact) mass is 264 g/mol. The van der Waals surface area contributed by atoms with E-state index in [1.165, 1.54) is 5.56 Å². The molecule has 0 saturated carbocycles. The third-order valence-electron chi connectivity index (χ3n) is 4.11. The molecule has 4 heteroatoms. The smallest absolute Gasteiger partial charge is 0.135 e. The lowest BCUT2D eigenvalue weighted by Gasteiger charge is -2.33. The summed E-state index contributed by atoms with van der Waals surface area (Å²) >= 11 is 0. The summed E-state index contributed by atoms with van der Waals surface area (Å²) in [5.74, 6) is 2.28. The molecule has 0 spiro atoms. The summed E-state index contributed by atoms with van der Waals surface area (Å²) in [5.41, 5.74) is 1.30. The molecule has 0 radical (unpaired) electrons. The molecule has 0 aliphatic carbocycles. The topological polar surface area (TPSA) is 49.8 Å². The molecule has 0 aliphatic rings. The molecule has 0 amide bonds. The average molecular weight is 264 g/mol. The van der Waals surface area contributed by atoms with Crippen molar-refractivity contribution in [3.8, 4) is 0 Å². The van der Waals surface area contributed by atoms with Gasteiger partial charge in [0, 0.05) is 18.2 Å². The van der Waals surface area contributed by atoms with Crippen molar-refractivity contribution in [1.82, 2.24) is 9.97 Å². The normalized spacial score (nSPS) is 11.7. The quantitative estimate of drug-likeness (QED) is 0.781. The molecule has 2 N–H and O–H groups in total. The van der Waals surface area contributed by atoms with Gasteiger partial charge in [-0.3, -0.25) is 0 Å². The van der Waals surface area contributed by atoms with Gasteiger partial charge in [0.1, 0.15) is 18.0 Å². The second-order valence-electron chi connectivity index (χ2n) is 5.36. The van der Waals surface area contributed by atoms with Crippen LogP contribution in [0.4, 0.5) is 11.6 Å². The maximum absolute atomic E-state index is 4.48. The SMILES string of the molecule is CCC(CC)(CC)Nc1ncnc(NC)c1C(C)C. The Hall–Kier alpha value is -1.32. The number of anilines is 2. The van der Waals surface area contributed by atoms with Crippen molar-refractivity contribution < 1.29 is 0 Å². The Morgan fingerprint density at radius 2 is 1.58 bits per heavy atom. The summed E-state index contributed by atoms with van der Waals surface area (Å²) in [4.78, 5) is 8.80. The van der Waals surface area contributed by atoms with Gasteiger partial charge >= 0.3 is 0 Å². The molecule has 108 valence electrons. The molecule has 4 nitrogen and oxygen atoms in total. The van der Waals surface area contributed by atoms with Gasteiger partial charge in [0.25, 0.3) is 0 Å². The van der Waals surface area contributed by atoms with Crippen LogP contribution in [0.1, 0.15) is 65.4 Å². The van der Waals surface area contributed by atoms with E-state index < -0.39 is 0 Å². The molecule has 0 bridgehead atoms. The summed E-state index contributed by atoms with van der Waals surface area (Å²) in [6.45, 7) is 11.0. The number of nitrogens with one attached hydrogen (secondary N) is 2. The highest BCUT2D eigenvalue weighted by atomic mass is 15.1. The fourth-order valence-electron chi connectivity index (χ4n) is 2.51. The largest absolute Gasteiger partial charge is 0.373 e. The van der Waals surface area contributed by atoms with Crippen LogP contribution in [0.5, 0.6) is 0 Å². The van der Waals surface area contributed by atoms with Gasteiger partial charge in [-0.1, -0.05) is 34.6 Å². The van der Waals surface area contributed by atoms with Crippen LogP contribution < -0.4 is 10.6 Å². The number of hydrogen-bond donors (Lipinski definition) is 2. The molecule has 19 heavy (non-hydrogen) atoms. The number of aromatic nitrogens is 2. The van der Waals surface area contributed by atoms with Crippen LogP contribution in [0, 0.1) is 0 Å². The second-order valence-corrected chi connectivity index (χ2v) is 5.36. The fraction of sp³-hybridized carbons (Fsp3) is 0.733. The average Bonchev–Trinajstić information content (AvgIpc) is 2.44. The number of rotatable bonds is 7. The van der Waals surface area contributed by atoms with Crippen LogP contribution >= 0.6 is 0 Å². The highest BCUT2D eigenvalue weighted by molar-refractivity contribution is 5.59. The lowest BCUT2D eigenvalue weighted by molar-refractivity contribution is 0.418. The van der Waals surface area contributed by atoms with E-state index in [0.29, 0.717) is 5.92 Å². The number of nitrogens with zero attached hydrogens (tertiary/aromatic N) is 2. The maximum atomic E-state index is 4.48. The van der Waals surface area contributed by atoms with Crippen LogP contribution in [-0.2, 0) is 0 Å². The zero-order chi connectivity index (χ0) is 14.5. The van der Waals surface area contributed by atoms with E-state index in [2.05, 4.69) is 55.2 Å². The van der Waals surface area contributed by atoms with Gasteiger partial charge in [-0.05, 0) is 25.2 Å². The van der Waals surface area contributed by atoms with Gasteiger partial charge in [-0.25, -0.2) is 9.97 Å². The first kappa shape index (κ1) is 15.7. The molecule has 1 heterocycles. The van der Waals surface area contributed by atoms with Crippen molar-refractivity contribution in [2.24, 2.45) is 0 Å². The second kappa shape index (κ2) is 6.73. The summed E-state index contributed by atoms with van der Waals surface area (Å²) in [5, 5.41) is 6.84. The fourth-order valence-corrected chi connectivity index (χ4v) is 2.51. The zero-order valence-electron chi connectivity index (χ0n) is 13.2. The molecule has 1 rings (SSSR count). The van der Waals surface area contributed by atoms with Crippen molar-refractivity contribution in [3.63, 3.8) is 0 Å². The van der Waals surface area contributed by atoms with E-state index in [0.717, 1.165) is 30.9 Å². The van der Waals surface area contributed by atoms with Gasteiger partial charge < -0.3 is 10.6 Å². The van der Waals surface area contributed by atoms with Gasteiger partial charge in [0.2, 0.25) is 0 Å². The lowest BCUT2D eigenvalue weighted by Crippen LogP contribution is -2.37. The zero-order valence-corrected chi connectivity index (χ0v) is 13.2. The Morgan fingerprint density at radius 3 is 2.00 bits per heavy atom. The Labute approximate surface area is 117 Å². The van der Waals surface area contributed by atoms with E-state index in [1.807, 2.05) is 7.05 Å². The first-order valence-corrected chi connectivity index (χ1v) is 7.34. The molecule has 0 unspecified atom stereocenters. The molecular formula is C15H28N4. The molecule has 0 atom stereocenters. The lowest BCUT2D eigenvalue weighted by atomic mass is 9.89. The molecular weight excluding hydrogens is 236 g/mol. The maximum Gasteiger partial charge on any atom is 0.135 e.